The minimum Gasteiger partial charge on any atom is -0.296 e. The molecule has 4 nitrogen and oxygen atoms in total. The third kappa shape index (κ3) is 1.51. The van der Waals surface area contributed by atoms with Crippen LogP contribution in [0.15, 0.2) is 10.9 Å². The predicted molar refractivity (Wildman–Crippen MR) is 58.9 cm³/mol. The van der Waals surface area contributed by atoms with E-state index in [1.807, 2.05) is 9.95 Å². The largest absolute Gasteiger partial charge is 0.296 e. The third-order valence-corrected chi connectivity index (χ3v) is 2.76. The first-order chi connectivity index (χ1) is 6.70. The van der Waals surface area contributed by atoms with E-state index in [1.54, 1.807) is 16.8 Å². The summed E-state index contributed by atoms with van der Waals surface area (Å²) >= 11 is 6.70. The smallest absolute Gasteiger partial charge is 0.195 e. The lowest BCUT2D eigenvalue weighted by Crippen LogP contribution is -2.03. The second kappa shape index (κ2) is 3.62. The monoisotopic (exact) mass is 226 g/mol. The first-order valence-electron chi connectivity index (χ1n) is 4.25. The molecule has 0 radical (unpaired) electrons. The Labute approximate surface area is 90.6 Å². The zero-order valence-electron chi connectivity index (χ0n) is 7.89. The number of nitrogens with zero attached hydrogens (tertiary/aromatic N) is 3. The lowest BCUT2D eigenvalue weighted by molar-refractivity contribution is 0.596. The summed E-state index contributed by atoms with van der Waals surface area (Å²) in [5, 5.41) is 8.92. The summed E-state index contributed by atoms with van der Waals surface area (Å²) in [4.78, 5) is 4.21. The van der Waals surface area contributed by atoms with Crippen LogP contribution >= 0.6 is 23.6 Å². The Morgan fingerprint density at radius 2 is 2.36 bits per heavy atom. The van der Waals surface area contributed by atoms with Crippen molar-refractivity contribution in [1.29, 1.82) is 0 Å². The highest BCUT2D eigenvalue weighted by atomic mass is 32.1. The molecule has 0 aliphatic rings. The number of hydrogen-bond donors (Lipinski definition) is 1. The first-order valence-corrected chi connectivity index (χ1v) is 5.60. The molecule has 2 aromatic rings. The van der Waals surface area contributed by atoms with Gasteiger partial charge in [0, 0.05) is 11.4 Å². The zero-order chi connectivity index (χ0) is 10.1. The van der Waals surface area contributed by atoms with Gasteiger partial charge >= 0.3 is 0 Å². The van der Waals surface area contributed by atoms with Crippen molar-refractivity contribution in [2.75, 3.05) is 0 Å². The molecule has 14 heavy (non-hydrogen) atoms. The van der Waals surface area contributed by atoms with Gasteiger partial charge in [0.15, 0.2) is 10.6 Å². The van der Waals surface area contributed by atoms with Crippen molar-refractivity contribution in [3.63, 3.8) is 0 Å². The Morgan fingerprint density at radius 3 is 2.93 bits per heavy atom. The van der Waals surface area contributed by atoms with Crippen LogP contribution in [-0.2, 0) is 0 Å². The van der Waals surface area contributed by atoms with E-state index in [2.05, 4.69) is 29.0 Å². The topological polar surface area (TPSA) is 46.5 Å². The standard InChI is InChI=1S/C8H10N4S2/c1-5(2)12-7(10-11-8(12)13)6-3-14-4-9-6/h3-5H,1-2H3,(H,11,13). The fourth-order valence-electron chi connectivity index (χ4n) is 1.29. The summed E-state index contributed by atoms with van der Waals surface area (Å²) in [7, 11) is 0. The average Bonchev–Trinajstić information content (AvgIpc) is 2.70. The summed E-state index contributed by atoms with van der Waals surface area (Å²) in [5.74, 6) is 0.811. The normalized spacial score (nSPS) is 11.1. The molecule has 0 saturated carbocycles. The highest BCUT2D eigenvalue weighted by Gasteiger charge is 2.12. The van der Waals surface area contributed by atoms with Gasteiger partial charge < -0.3 is 0 Å². The maximum absolute atomic E-state index is 5.14. The van der Waals surface area contributed by atoms with Crippen molar-refractivity contribution in [2.45, 2.75) is 19.9 Å². The van der Waals surface area contributed by atoms with Gasteiger partial charge in [0.1, 0.15) is 5.69 Å². The molecule has 2 heterocycles. The quantitative estimate of drug-likeness (QED) is 0.801. The fraction of sp³-hybridized carbons (Fsp3) is 0.375. The Hall–Kier alpha value is -1.01. The van der Waals surface area contributed by atoms with Crippen molar-refractivity contribution >= 4 is 23.6 Å². The van der Waals surface area contributed by atoms with Crippen LogP contribution < -0.4 is 0 Å². The van der Waals surface area contributed by atoms with Crippen molar-refractivity contribution in [3.05, 3.63) is 15.7 Å². The third-order valence-electron chi connectivity index (χ3n) is 1.88. The van der Waals surface area contributed by atoms with Gasteiger partial charge in [-0.1, -0.05) is 0 Å². The molecule has 2 rings (SSSR count). The molecule has 2 aromatic heterocycles. The number of hydrogen-bond acceptors (Lipinski definition) is 4. The molecule has 0 unspecified atom stereocenters. The van der Waals surface area contributed by atoms with E-state index in [4.69, 9.17) is 12.2 Å². The molecule has 0 saturated heterocycles. The van der Waals surface area contributed by atoms with Gasteiger partial charge in [0.25, 0.3) is 0 Å². The van der Waals surface area contributed by atoms with Gasteiger partial charge in [-0.05, 0) is 26.1 Å². The van der Waals surface area contributed by atoms with E-state index in [0.29, 0.717) is 4.77 Å². The van der Waals surface area contributed by atoms with Gasteiger partial charge in [-0.25, -0.2) is 4.98 Å². The van der Waals surface area contributed by atoms with Crippen LogP contribution in [0.4, 0.5) is 0 Å². The minimum absolute atomic E-state index is 0.290. The second-order valence-corrected chi connectivity index (χ2v) is 4.30. The molecule has 1 N–H and O–H groups in total. The van der Waals surface area contributed by atoms with Crippen molar-refractivity contribution in [3.8, 4) is 11.5 Å². The van der Waals surface area contributed by atoms with Crippen LogP contribution in [0.2, 0.25) is 0 Å². The number of H-pyrrole nitrogens is 1. The number of aromatic amines is 1. The van der Waals surface area contributed by atoms with E-state index < -0.39 is 0 Å². The molecule has 74 valence electrons. The second-order valence-electron chi connectivity index (χ2n) is 3.19. The molecular formula is C8H10N4S2. The highest BCUT2D eigenvalue weighted by molar-refractivity contribution is 7.71. The van der Waals surface area contributed by atoms with E-state index in [0.717, 1.165) is 11.5 Å². The number of aromatic nitrogens is 4. The van der Waals surface area contributed by atoms with E-state index in [1.165, 1.54) is 0 Å². The molecular weight excluding hydrogens is 216 g/mol. The fourth-order valence-corrected chi connectivity index (χ4v) is 2.16. The van der Waals surface area contributed by atoms with Crippen LogP contribution in [0.3, 0.4) is 0 Å². The van der Waals surface area contributed by atoms with Crippen LogP contribution in [0.25, 0.3) is 11.5 Å². The van der Waals surface area contributed by atoms with Crippen LogP contribution in [0.5, 0.6) is 0 Å². The molecule has 0 bridgehead atoms. The van der Waals surface area contributed by atoms with E-state index >= 15 is 0 Å². The molecule has 0 aromatic carbocycles. The molecule has 0 spiro atoms. The Morgan fingerprint density at radius 1 is 1.57 bits per heavy atom. The summed E-state index contributed by atoms with van der Waals surface area (Å²) in [6, 6.07) is 0.290. The lowest BCUT2D eigenvalue weighted by atomic mass is 10.3. The molecule has 0 fully saturated rings. The molecule has 6 heteroatoms. The zero-order valence-corrected chi connectivity index (χ0v) is 9.52. The number of thiazole rings is 1. The molecule has 0 atom stereocenters. The maximum Gasteiger partial charge on any atom is 0.195 e. The van der Waals surface area contributed by atoms with Gasteiger partial charge in [-0.2, -0.15) is 5.10 Å². The van der Waals surface area contributed by atoms with Gasteiger partial charge in [-0.15, -0.1) is 11.3 Å². The minimum atomic E-state index is 0.290. The van der Waals surface area contributed by atoms with Crippen molar-refractivity contribution in [1.82, 2.24) is 19.7 Å². The van der Waals surface area contributed by atoms with Gasteiger partial charge in [0.2, 0.25) is 0 Å². The number of rotatable bonds is 2. The van der Waals surface area contributed by atoms with Gasteiger partial charge in [0.05, 0.1) is 5.51 Å². The Kier molecular flexibility index (Phi) is 2.47. The van der Waals surface area contributed by atoms with E-state index in [9.17, 15) is 0 Å². The Balaban J connectivity index is 2.60. The molecule has 0 aliphatic heterocycles. The summed E-state index contributed by atoms with van der Waals surface area (Å²) < 4.78 is 2.60. The van der Waals surface area contributed by atoms with Gasteiger partial charge in [-0.3, -0.25) is 9.67 Å². The van der Waals surface area contributed by atoms with Crippen molar-refractivity contribution in [2.24, 2.45) is 0 Å². The summed E-state index contributed by atoms with van der Waals surface area (Å²) in [5.41, 5.74) is 2.66. The first kappa shape index (κ1) is 9.54. The SMILES string of the molecule is CC(C)n1c(-c2cscn2)n[nH]c1=S. The van der Waals surface area contributed by atoms with Crippen molar-refractivity contribution < 1.29 is 0 Å². The lowest BCUT2D eigenvalue weighted by Gasteiger charge is -2.07. The Bertz CT molecular complexity index is 466. The predicted octanol–water partition coefficient (Wildman–Crippen LogP) is 2.65. The van der Waals surface area contributed by atoms with Crippen LogP contribution in [-0.4, -0.2) is 19.7 Å². The average molecular weight is 226 g/mol. The summed E-state index contributed by atoms with van der Waals surface area (Å²) in [6.07, 6.45) is 0. The maximum atomic E-state index is 5.14. The summed E-state index contributed by atoms with van der Waals surface area (Å²) in [6.45, 7) is 4.14. The molecule has 0 aliphatic carbocycles. The molecule has 0 amide bonds. The van der Waals surface area contributed by atoms with Crippen LogP contribution in [0, 0.1) is 4.77 Å². The number of nitrogens with one attached hydrogen (secondary N) is 1. The van der Waals surface area contributed by atoms with Crippen LogP contribution in [0.1, 0.15) is 19.9 Å². The van der Waals surface area contributed by atoms with E-state index in [-0.39, 0.29) is 6.04 Å². The highest BCUT2D eigenvalue weighted by Crippen LogP contribution is 2.20.